The van der Waals surface area contributed by atoms with E-state index in [0.717, 1.165) is 37.9 Å². The molecule has 1 saturated heterocycles. The highest BCUT2D eigenvalue weighted by molar-refractivity contribution is 6.32. The molecule has 2 aliphatic heterocycles. The predicted octanol–water partition coefficient (Wildman–Crippen LogP) is 4.07. The van der Waals surface area contributed by atoms with Gasteiger partial charge < -0.3 is 10.2 Å². The van der Waals surface area contributed by atoms with E-state index in [1.165, 1.54) is 11.1 Å². The van der Waals surface area contributed by atoms with E-state index in [1.54, 1.807) is 4.90 Å². The van der Waals surface area contributed by atoms with E-state index in [2.05, 4.69) is 22.4 Å². The molecule has 28 heavy (non-hydrogen) atoms. The van der Waals surface area contributed by atoms with Gasteiger partial charge in [-0.2, -0.15) is 13.2 Å². The average molecular weight is 410 g/mol. The lowest BCUT2D eigenvalue weighted by atomic mass is 9.78. The Labute approximate surface area is 165 Å². The Morgan fingerprint density at radius 1 is 1.11 bits per heavy atom. The molecule has 148 valence electrons. The van der Waals surface area contributed by atoms with Gasteiger partial charge in [0.05, 0.1) is 5.56 Å². The van der Waals surface area contributed by atoms with Gasteiger partial charge in [0.25, 0.3) is 5.91 Å². The van der Waals surface area contributed by atoms with Crippen molar-refractivity contribution in [1.29, 1.82) is 0 Å². The molecule has 2 aromatic rings. The maximum atomic E-state index is 12.8. The van der Waals surface area contributed by atoms with E-state index < -0.39 is 17.0 Å². The average Bonchev–Trinajstić information content (AvgIpc) is 2.67. The number of likely N-dealkylation sites (tertiary alicyclic amines) is 1. The second-order valence-electron chi connectivity index (χ2n) is 7.40. The van der Waals surface area contributed by atoms with Crippen molar-refractivity contribution < 1.29 is 18.0 Å². The summed E-state index contributed by atoms with van der Waals surface area (Å²) in [6, 6.07) is 10.2. The summed E-state index contributed by atoms with van der Waals surface area (Å²) in [4.78, 5) is 17.7. The SMILES string of the molecule is O=C(c1ccc(C(F)(F)F)nc1Cl)N1CCC2(CC1)Cc1ccccc1CN2. The Bertz CT molecular complexity index is 908. The third kappa shape index (κ3) is 3.61. The quantitative estimate of drug-likeness (QED) is 0.722. The van der Waals surface area contributed by atoms with E-state index in [1.807, 2.05) is 12.1 Å². The number of aromatic nitrogens is 1. The number of nitrogens with one attached hydrogen (secondary N) is 1. The van der Waals surface area contributed by atoms with Crippen molar-refractivity contribution in [2.24, 2.45) is 0 Å². The number of fused-ring (bicyclic) bond motifs is 1. The van der Waals surface area contributed by atoms with Crippen LogP contribution in [0.2, 0.25) is 5.15 Å². The molecule has 2 aliphatic rings. The molecule has 3 heterocycles. The van der Waals surface area contributed by atoms with Crippen molar-refractivity contribution in [2.45, 2.75) is 37.5 Å². The third-order valence-electron chi connectivity index (χ3n) is 5.68. The lowest BCUT2D eigenvalue weighted by Gasteiger charge is -2.45. The largest absolute Gasteiger partial charge is 0.433 e. The van der Waals surface area contributed by atoms with Crippen LogP contribution in [0, 0.1) is 0 Å². The van der Waals surface area contributed by atoms with Crippen molar-refractivity contribution in [3.05, 3.63) is 63.9 Å². The first kappa shape index (κ1) is 19.2. The van der Waals surface area contributed by atoms with Crippen LogP contribution in [0.4, 0.5) is 13.2 Å². The zero-order valence-electron chi connectivity index (χ0n) is 15.0. The molecule has 0 saturated carbocycles. The van der Waals surface area contributed by atoms with Gasteiger partial charge in [-0.3, -0.25) is 4.79 Å². The number of nitrogens with zero attached hydrogens (tertiary/aromatic N) is 2. The first-order valence-corrected chi connectivity index (χ1v) is 9.50. The first-order valence-electron chi connectivity index (χ1n) is 9.12. The molecule has 1 aromatic heterocycles. The van der Waals surface area contributed by atoms with Crippen LogP contribution >= 0.6 is 11.6 Å². The number of hydrogen-bond donors (Lipinski definition) is 1. The monoisotopic (exact) mass is 409 g/mol. The predicted molar refractivity (Wildman–Crippen MR) is 99.1 cm³/mol. The summed E-state index contributed by atoms with van der Waals surface area (Å²) in [5.74, 6) is -0.378. The smallest absolute Gasteiger partial charge is 0.338 e. The summed E-state index contributed by atoms with van der Waals surface area (Å²) < 4.78 is 38.2. The van der Waals surface area contributed by atoms with Crippen LogP contribution in [-0.4, -0.2) is 34.4 Å². The van der Waals surface area contributed by atoms with Crippen LogP contribution < -0.4 is 5.32 Å². The van der Waals surface area contributed by atoms with Crippen molar-refractivity contribution in [2.75, 3.05) is 13.1 Å². The van der Waals surface area contributed by atoms with E-state index in [-0.39, 0.29) is 17.0 Å². The summed E-state index contributed by atoms with van der Waals surface area (Å²) in [6.07, 6.45) is -2.13. The summed E-state index contributed by atoms with van der Waals surface area (Å²) in [7, 11) is 0. The molecule has 1 amide bonds. The molecule has 0 atom stereocenters. The van der Waals surface area contributed by atoms with Gasteiger partial charge in [-0.25, -0.2) is 4.98 Å². The Hall–Kier alpha value is -2.12. The van der Waals surface area contributed by atoms with E-state index >= 15 is 0 Å². The number of benzene rings is 1. The van der Waals surface area contributed by atoms with Crippen LogP contribution in [0.3, 0.4) is 0 Å². The summed E-state index contributed by atoms with van der Waals surface area (Å²) in [5, 5.41) is 3.21. The Morgan fingerprint density at radius 2 is 1.79 bits per heavy atom. The molecule has 4 rings (SSSR count). The van der Waals surface area contributed by atoms with Gasteiger partial charge in [0.1, 0.15) is 10.8 Å². The Balaban J connectivity index is 1.45. The zero-order chi connectivity index (χ0) is 19.9. The number of rotatable bonds is 1. The van der Waals surface area contributed by atoms with Gasteiger partial charge in [-0.15, -0.1) is 0 Å². The van der Waals surface area contributed by atoms with E-state index in [9.17, 15) is 18.0 Å². The molecule has 1 aromatic carbocycles. The lowest BCUT2D eigenvalue weighted by Crippen LogP contribution is -2.57. The Kier molecular flexibility index (Phi) is 4.83. The Morgan fingerprint density at radius 3 is 2.43 bits per heavy atom. The molecule has 1 spiro atoms. The highest BCUT2D eigenvalue weighted by Gasteiger charge is 2.39. The maximum absolute atomic E-state index is 12.8. The molecule has 0 aliphatic carbocycles. The number of halogens is 4. The van der Waals surface area contributed by atoms with Crippen molar-refractivity contribution in [3.8, 4) is 0 Å². The number of pyridine rings is 1. The standard InChI is InChI=1S/C20H19ClF3N3O/c21-17-15(5-6-16(26-17)20(22,23)24)18(28)27-9-7-19(8-10-27)11-13-3-1-2-4-14(13)12-25-19/h1-6,25H,7-12H2. The normalized spacial score (nSPS) is 18.8. The van der Waals surface area contributed by atoms with Gasteiger partial charge in [0.15, 0.2) is 0 Å². The minimum atomic E-state index is -4.59. The fourth-order valence-electron chi connectivity index (χ4n) is 4.03. The number of carbonyl (C=O) groups is 1. The van der Waals surface area contributed by atoms with Gasteiger partial charge in [0, 0.05) is 25.2 Å². The molecule has 8 heteroatoms. The number of amides is 1. The van der Waals surface area contributed by atoms with Crippen molar-refractivity contribution in [3.63, 3.8) is 0 Å². The van der Waals surface area contributed by atoms with Crippen molar-refractivity contribution >= 4 is 17.5 Å². The highest BCUT2D eigenvalue weighted by atomic mass is 35.5. The number of piperidine rings is 1. The van der Waals surface area contributed by atoms with Gasteiger partial charge in [-0.1, -0.05) is 35.9 Å². The van der Waals surface area contributed by atoms with Gasteiger partial charge >= 0.3 is 6.18 Å². The molecule has 0 bridgehead atoms. The molecule has 1 fully saturated rings. The van der Waals surface area contributed by atoms with Crippen molar-refractivity contribution in [1.82, 2.24) is 15.2 Å². The zero-order valence-corrected chi connectivity index (χ0v) is 15.8. The maximum Gasteiger partial charge on any atom is 0.433 e. The molecule has 0 unspecified atom stereocenters. The van der Waals surface area contributed by atoms with Crippen LogP contribution in [-0.2, 0) is 19.1 Å². The van der Waals surface area contributed by atoms with E-state index in [0.29, 0.717) is 13.1 Å². The van der Waals surface area contributed by atoms with Crippen LogP contribution in [0.25, 0.3) is 0 Å². The summed E-state index contributed by atoms with van der Waals surface area (Å²) in [6.45, 7) is 1.84. The topological polar surface area (TPSA) is 45.2 Å². The van der Waals surface area contributed by atoms with Crippen LogP contribution in [0.5, 0.6) is 0 Å². The highest BCUT2D eigenvalue weighted by Crippen LogP contribution is 2.33. The fraction of sp³-hybridized carbons (Fsp3) is 0.400. The minimum Gasteiger partial charge on any atom is -0.338 e. The molecule has 4 nitrogen and oxygen atoms in total. The fourth-order valence-corrected chi connectivity index (χ4v) is 4.26. The van der Waals surface area contributed by atoms with Crippen LogP contribution in [0.1, 0.15) is 40.0 Å². The van der Waals surface area contributed by atoms with E-state index in [4.69, 9.17) is 11.6 Å². The van der Waals surface area contributed by atoms with Gasteiger partial charge in [-0.05, 0) is 42.5 Å². The number of alkyl halides is 3. The molecule has 0 radical (unpaired) electrons. The second-order valence-corrected chi connectivity index (χ2v) is 7.76. The first-order chi connectivity index (χ1) is 13.3. The second kappa shape index (κ2) is 7.04. The molecular formula is C20H19ClF3N3O. The summed E-state index contributed by atoms with van der Waals surface area (Å²) >= 11 is 5.88. The lowest BCUT2D eigenvalue weighted by molar-refractivity contribution is -0.141. The minimum absolute atomic E-state index is 0.00701. The van der Waals surface area contributed by atoms with Crippen LogP contribution in [0.15, 0.2) is 36.4 Å². The third-order valence-corrected chi connectivity index (χ3v) is 5.97. The number of carbonyl (C=O) groups excluding carboxylic acids is 1. The molecule has 1 N–H and O–H groups in total. The van der Waals surface area contributed by atoms with Gasteiger partial charge in [0.2, 0.25) is 0 Å². The summed E-state index contributed by atoms with van der Waals surface area (Å²) in [5.41, 5.74) is 1.49. The molecular weight excluding hydrogens is 391 g/mol. The number of hydrogen-bond acceptors (Lipinski definition) is 3.